The Morgan fingerprint density at radius 2 is 0.794 bits per heavy atom. The van der Waals surface area contributed by atoms with Crippen molar-refractivity contribution in [2.24, 2.45) is 0 Å². The van der Waals surface area contributed by atoms with Gasteiger partial charge in [-0.3, -0.25) is 0 Å². The summed E-state index contributed by atoms with van der Waals surface area (Å²) in [5, 5.41) is 0. The van der Waals surface area contributed by atoms with Crippen molar-refractivity contribution in [1.29, 1.82) is 0 Å². The van der Waals surface area contributed by atoms with Crippen molar-refractivity contribution in [1.82, 2.24) is 0 Å². The van der Waals surface area contributed by atoms with Crippen LogP contribution in [-0.4, -0.2) is 36.4 Å². The summed E-state index contributed by atoms with van der Waals surface area (Å²) in [7, 11) is 0. The monoisotopic (exact) mass is 704 g/mol. The Balaban J connectivity index is 3.84. The topological polar surface area (TPSA) is 0 Å². The molecule has 0 heterocycles. The van der Waals surface area contributed by atoms with E-state index >= 15 is 0 Å². The number of unbranched alkanes of at least 4 members (excludes halogenated alkanes) is 6. The van der Waals surface area contributed by atoms with Crippen LogP contribution in [0.25, 0.3) is 6.08 Å². The quantitative estimate of drug-likeness (QED) is 0.112. The van der Waals surface area contributed by atoms with Gasteiger partial charge in [0.2, 0.25) is 0 Å². The van der Waals surface area contributed by atoms with E-state index in [9.17, 15) is 0 Å². The molecule has 0 amide bonds. The average molecular weight is 700 g/mol. The first-order valence-electron chi connectivity index (χ1n) is 14.9. The first-order valence-corrected chi connectivity index (χ1v) is 27.1. The second kappa shape index (κ2) is 19.6. The van der Waals surface area contributed by atoms with Crippen LogP contribution in [-0.2, 0) is 0 Å². The molecule has 0 nitrogen and oxygen atoms in total. The molecule has 0 spiro atoms. The molecule has 0 aliphatic heterocycles. The molecule has 0 N–H and O–H groups in total. The van der Waals surface area contributed by atoms with E-state index in [0.29, 0.717) is 0 Å². The van der Waals surface area contributed by atoms with Crippen LogP contribution < -0.4 is 0 Å². The van der Waals surface area contributed by atoms with Gasteiger partial charge in [-0.25, -0.2) is 0 Å². The number of hydrogen-bond acceptors (Lipinski definition) is 0. The van der Waals surface area contributed by atoms with E-state index < -0.39 is 36.4 Å². The van der Waals surface area contributed by atoms with E-state index in [4.69, 9.17) is 0 Å². The minimum atomic E-state index is -2.23. The molecule has 34 heavy (non-hydrogen) atoms. The van der Waals surface area contributed by atoms with E-state index in [1.165, 1.54) is 82.6 Å². The van der Waals surface area contributed by atoms with Gasteiger partial charge in [0.05, 0.1) is 0 Å². The number of benzene rings is 1. The molecule has 200 valence electrons. The third-order valence-corrected chi connectivity index (χ3v) is 44.7. The van der Waals surface area contributed by atoms with Crippen LogP contribution >= 0.6 is 0 Å². The van der Waals surface area contributed by atoms with Crippen LogP contribution in [0.3, 0.4) is 0 Å². The van der Waals surface area contributed by atoms with E-state index in [0.717, 1.165) is 0 Å². The van der Waals surface area contributed by atoms with Gasteiger partial charge in [-0.05, 0) is 0 Å². The summed E-state index contributed by atoms with van der Waals surface area (Å²) in [6.07, 6.45) is 20.1. The molecule has 0 unspecified atom stereocenters. The summed E-state index contributed by atoms with van der Waals surface area (Å²) in [4.78, 5) is 0. The molecule has 0 radical (unpaired) electrons. The van der Waals surface area contributed by atoms with Crippen LogP contribution in [0.2, 0.25) is 26.8 Å². The summed E-state index contributed by atoms with van der Waals surface area (Å²) in [5.41, 5.74) is 1.53. The molecule has 0 fully saturated rings. The van der Waals surface area contributed by atoms with Gasteiger partial charge >= 0.3 is 225 Å². The zero-order valence-electron chi connectivity index (χ0n) is 24.0. The Bertz CT molecular complexity index is 556. The van der Waals surface area contributed by atoms with Gasteiger partial charge in [-0.1, -0.05) is 0 Å². The van der Waals surface area contributed by atoms with Crippen molar-refractivity contribution in [2.45, 2.75) is 145 Å². The zero-order chi connectivity index (χ0) is 25.1. The fourth-order valence-corrected chi connectivity index (χ4v) is 54.7. The van der Waals surface area contributed by atoms with Crippen molar-refractivity contribution < 1.29 is 0 Å². The van der Waals surface area contributed by atoms with Crippen molar-refractivity contribution in [3.63, 3.8) is 0 Å². The number of rotatable bonds is 21. The Labute approximate surface area is 223 Å². The Kier molecular flexibility index (Phi) is 18.8. The third kappa shape index (κ3) is 10.9. The summed E-state index contributed by atoms with van der Waals surface area (Å²) >= 11 is -4.47. The van der Waals surface area contributed by atoms with Crippen LogP contribution in [0.1, 0.15) is 124 Å². The second-order valence-corrected chi connectivity index (χ2v) is 34.2. The molecule has 2 heteroatoms. The van der Waals surface area contributed by atoms with Gasteiger partial charge in [0.15, 0.2) is 0 Å². The van der Waals surface area contributed by atoms with Gasteiger partial charge < -0.3 is 0 Å². The molecule has 0 saturated carbocycles. The summed E-state index contributed by atoms with van der Waals surface area (Å²) < 4.78 is 12.0. The van der Waals surface area contributed by atoms with Gasteiger partial charge in [0.25, 0.3) is 0 Å². The molecule has 0 aliphatic rings. The molecular weight excluding hydrogens is 640 g/mol. The fraction of sp³-hybridized carbons (Fsp3) is 0.750. The van der Waals surface area contributed by atoms with Crippen LogP contribution in [0.4, 0.5) is 0 Å². The predicted molar refractivity (Wildman–Crippen MR) is 164 cm³/mol. The maximum absolute atomic E-state index is 2.89. The Morgan fingerprint density at radius 1 is 0.500 bits per heavy atom. The van der Waals surface area contributed by atoms with E-state index in [2.05, 4.69) is 79.6 Å². The predicted octanol–water partition coefficient (Wildman–Crippen LogP) is 11.8. The standard InChI is InChI=1S/C32H60Te2/c1-7-13-24-33(25-14-8-2,26-15-9-3)32(30-31-22-20-19-21-23-31)34(27-16-10-4,28-17-11-5)29-18-12-6/h19-23,30H,7-18,24-29H2,1-6H3. The van der Waals surface area contributed by atoms with E-state index in [1.807, 2.05) is 0 Å². The van der Waals surface area contributed by atoms with Gasteiger partial charge in [-0.2, -0.15) is 0 Å². The molecule has 0 atom stereocenters. The molecule has 0 saturated heterocycles. The van der Waals surface area contributed by atoms with Crippen molar-refractivity contribution in [2.75, 3.05) is 0 Å². The molecule has 0 aliphatic carbocycles. The normalized spacial score (nSPS) is 13.1. The van der Waals surface area contributed by atoms with Crippen LogP contribution in [0.5, 0.6) is 0 Å². The van der Waals surface area contributed by atoms with Gasteiger partial charge in [-0.15, -0.1) is 0 Å². The first kappa shape index (κ1) is 32.6. The Morgan fingerprint density at radius 3 is 1.06 bits per heavy atom. The first-order chi connectivity index (χ1) is 16.6. The molecule has 0 bridgehead atoms. The van der Waals surface area contributed by atoms with Crippen molar-refractivity contribution >= 4 is 42.4 Å². The van der Waals surface area contributed by atoms with E-state index in [1.54, 1.807) is 26.8 Å². The summed E-state index contributed by atoms with van der Waals surface area (Å²) in [6.45, 7) is 14.6. The SMILES string of the molecule is CCCC[Te](CCCC)(CCCC)C(=Cc1ccccc1)[Te](CCCC)(CCCC)CCCC. The third-order valence-electron chi connectivity index (χ3n) is 7.27. The summed E-state index contributed by atoms with van der Waals surface area (Å²) in [6, 6.07) is 11.6. The van der Waals surface area contributed by atoms with E-state index in [-0.39, 0.29) is 0 Å². The van der Waals surface area contributed by atoms with Crippen molar-refractivity contribution in [3.8, 4) is 0 Å². The second-order valence-electron chi connectivity index (χ2n) is 10.3. The van der Waals surface area contributed by atoms with Crippen LogP contribution in [0.15, 0.2) is 32.0 Å². The summed E-state index contributed by atoms with van der Waals surface area (Å²) in [5.74, 6) is 0. The molecular formula is C32H60Te2. The average Bonchev–Trinajstić information content (AvgIpc) is 2.88. The number of hydrogen-bond donors (Lipinski definition) is 0. The zero-order valence-corrected chi connectivity index (χ0v) is 28.7. The Hall–Kier alpha value is 0.539. The van der Waals surface area contributed by atoms with Gasteiger partial charge in [0.1, 0.15) is 0 Å². The minimum absolute atomic E-state index is 1.38. The van der Waals surface area contributed by atoms with Crippen molar-refractivity contribution in [3.05, 3.63) is 37.6 Å². The van der Waals surface area contributed by atoms with Gasteiger partial charge in [0, 0.05) is 0 Å². The molecule has 0 aromatic heterocycles. The van der Waals surface area contributed by atoms with Crippen LogP contribution in [0, 0.1) is 0 Å². The molecule has 1 aromatic carbocycles. The molecule has 1 rings (SSSR count). The molecule has 1 aromatic rings. The fourth-order valence-electron chi connectivity index (χ4n) is 5.05. The maximum atomic E-state index is 2.89.